The maximum atomic E-state index is 13.7. The van der Waals surface area contributed by atoms with E-state index in [2.05, 4.69) is 12.2 Å². The van der Waals surface area contributed by atoms with Crippen LogP contribution in [0.5, 0.6) is 5.75 Å². The predicted octanol–water partition coefficient (Wildman–Crippen LogP) is 6.02. The molecule has 0 fully saturated rings. The predicted molar refractivity (Wildman–Crippen MR) is 175 cm³/mol. The van der Waals surface area contributed by atoms with E-state index in [0.29, 0.717) is 30.6 Å². The standard InChI is InChI=1S/C36H54N2O8/c1-6-7-8-11-14-17-28(39)18-15-12-9-10-13-16-19-30(36(44,24-25-37)34(43)46-35(2,3)4)32(41)38-31(33(42)45-5)26-27-20-22-29(40)23-21-27/h16,19-23,30-31,40,44H,6-15,17-18,24,26H2,1-5H3,(H,38,41)/b19-16+/t30-,31+,36+/m1/s1. The first-order chi connectivity index (χ1) is 21.8. The molecule has 0 bridgehead atoms. The van der Waals surface area contributed by atoms with Crippen LogP contribution < -0.4 is 5.32 Å². The Morgan fingerprint density at radius 3 is 2.09 bits per heavy atom. The minimum atomic E-state index is -2.53. The summed E-state index contributed by atoms with van der Waals surface area (Å²) in [7, 11) is 1.17. The zero-order valence-corrected chi connectivity index (χ0v) is 28.3. The van der Waals surface area contributed by atoms with E-state index < -0.39 is 47.4 Å². The SMILES string of the molecule is CCCCCCCC(=O)CCCCCC/C=C/[C@H](C(=O)N[C@@H](Cc1ccc(O)cc1)C(=O)OC)[C@@](O)(CC#N)C(=O)OC(C)(C)C. The number of benzene rings is 1. The summed E-state index contributed by atoms with van der Waals surface area (Å²) in [4.78, 5) is 51.6. The summed E-state index contributed by atoms with van der Waals surface area (Å²) >= 11 is 0. The van der Waals surface area contributed by atoms with Crippen LogP contribution in [0.1, 0.15) is 117 Å². The number of nitrogens with one attached hydrogen (secondary N) is 1. The Labute approximate surface area is 274 Å². The Balaban J connectivity index is 2.98. The minimum Gasteiger partial charge on any atom is -0.508 e. The molecule has 0 unspecified atom stereocenters. The normalized spacial score (nSPS) is 14.1. The van der Waals surface area contributed by atoms with Crippen LogP contribution in [0.4, 0.5) is 0 Å². The molecule has 0 radical (unpaired) electrons. The van der Waals surface area contributed by atoms with E-state index in [1.807, 2.05) is 0 Å². The number of nitrogens with zero attached hydrogens (tertiary/aromatic N) is 1. The summed E-state index contributed by atoms with van der Waals surface area (Å²) in [6, 6.07) is 6.68. The molecule has 0 aliphatic heterocycles. The lowest BCUT2D eigenvalue weighted by Gasteiger charge is -2.33. The monoisotopic (exact) mass is 642 g/mol. The molecule has 0 heterocycles. The number of hydrogen-bond acceptors (Lipinski definition) is 9. The average Bonchev–Trinajstić information content (AvgIpc) is 2.99. The number of aromatic hydroxyl groups is 1. The van der Waals surface area contributed by atoms with Crippen LogP contribution in [0.3, 0.4) is 0 Å². The van der Waals surface area contributed by atoms with Crippen LogP contribution >= 0.6 is 0 Å². The average molecular weight is 643 g/mol. The number of ketones is 1. The molecule has 1 aromatic carbocycles. The number of esters is 2. The number of allylic oxidation sites excluding steroid dienone is 1. The summed E-state index contributed by atoms with van der Waals surface area (Å²) in [5.41, 5.74) is -2.91. The number of rotatable bonds is 22. The van der Waals surface area contributed by atoms with Gasteiger partial charge in [0, 0.05) is 19.3 Å². The number of carbonyl (C=O) groups is 4. The van der Waals surface area contributed by atoms with Gasteiger partial charge in [0.1, 0.15) is 23.2 Å². The Kier molecular flexibility index (Phi) is 18.5. The summed E-state index contributed by atoms with van der Waals surface area (Å²) < 4.78 is 10.3. The smallest absolute Gasteiger partial charge is 0.340 e. The molecule has 10 heteroatoms. The first kappa shape index (κ1) is 40.3. The number of phenols is 1. The van der Waals surface area contributed by atoms with E-state index in [1.54, 1.807) is 45.0 Å². The van der Waals surface area contributed by atoms with Crippen LogP contribution in [0.15, 0.2) is 36.4 Å². The van der Waals surface area contributed by atoms with Crippen molar-refractivity contribution < 1.29 is 38.9 Å². The number of hydrogen-bond donors (Lipinski definition) is 3. The van der Waals surface area contributed by atoms with Crippen molar-refractivity contribution in [3.8, 4) is 11.8 Å². The van der Waals surface area contributed by atoms with Crippen molar-refractivity contribution in [2.75, 3.05) is 7.11 Å². The highest BCUT2D eigenvalue weighted by atomic mass is 16.6. The molecule has 0 aliphatic rings. The molecule has 1 aromatic rings. The number of phenolic OH excluding ortho intramolecular Hbond substituents is 1. The van der Waals surface area contributed by atoms with Gasteiger partial charge in [0.15, 0.2) is 5.60 Å². The third-order valence-corrected chi connectivity index (χ3v) is 7.54. The van der Waals surface area contributed by atoms with Gasteiger partial charge >= 0.3 is 11.9 Å². The van der Waals surface area contributed by atoms with Gasteiger partial charge in [-0.2, -0.15) is 5.26 Å². The van der Waals surface area contributed by atoms with Gasteiger partial charge in [-0.05, 0) is 64.2 Å². The highest BCUT2D eigenvalue weighted by Crippen LogP contribution is 2.28. The topological polar surface area (TPSA) is 163 Å². The molecule has 0 saturated heterocycles. The number of carbonyl (C=O) groups excluding carboxylic acids is 4. The number of aliphatic hydroxyl groups is 1. The van der Waals surface area contributed by atoms with E-state index in [1.165, 1.54) is 44.6 Å². The quantitative estimate of drug-likeness (QED) is 0.0779. The number of unbranched alkanes of at least 4 members (excludes halogenated alkanes) is 8. The van der Waals surface area contributed by atoms with E-state index in [9.17, 15) is 34.7 Å². The fourth-order valence-corrected chi connectivity index (χ4v) is 4.95. The van der Waals surface area contributed by atoms with Crippen molar-refractivity contribution >= 4 is 23.6 Å². The van der Waals surface area contributed by atoms with Crippen molar-refractivity contribution in [2.45, 2.75) is 135 Å². The fourth-order valence-electron chi connectivity index (χ4n) is 4.95. The first-order valence-corrected chi connectivity index (χ1v) is 16.4. The number of Topliss-reactive ketones (excluding diaryl/α,β-unsaturated/α-hetero) is 1. The second kappa shape index (κ2) is 21.2. The van der Waals surface area contributed by atoms with Crippen LogP contribution in [-0.4, -0.2) is 58.2 Å². The molecule has 3 atom stereocenters. The Morgan fingerprint density at radius 1 is 0.957 bits per heavy atom. The zero-order valence-electron chi connectivity index (χ0n) is 28.3. The van der Waals surface area contributed by atoms with Crippen molar-refractivity contribution in [1.82, 2.24) is 5.32 Å². The Bertz CT molecular complexity index is 1170. The lowest BCUT2D eigenvalue weighted by Crippen LogP contribution is -2.56. The van der Waals surface area contributed by atoms with Crippen molar-refractivity contribution in [1.29, 1.82) is 5.26 Å². The molecule has 46 heavy (non-hydrogen) atoms. The van der Waals surface area contributed by atoms with Crippen molar-refractivity contribution in [3.05, 3.63) is 42.0 Å². The fraction of sp³-hybridized carbons (Fsp3) is 0.639. The van der Waals surface area contributed by atoms with E-state index >= 15 is 0 Å². The molecule has 1 amide bonds. The number of nitriles is 1. The molecule has 0 saturated carbocycles. The second-order valence-corrected chi connectivity index (χ2v) is 12.8. The largest absolute Gasteiger partial charge is 0.508 e. The molecule has 10 nitrogen and oxygen atoms in total. The molecule has 1 rings (SSSR count). The number of methoxy groups -OCH3 is 1. The van der Waals surface area contributed by atoms with Gasteiger partial charge in [-0.1, -0.05) is 69.7 Å². The Hall–Kier alpha value is -3.71. The van der Waals surface area contributed by atoms with Gasteiger partial charge in [-0.25, -0.2) is 9.59 Å². The van der Waals surface area contributed by atoms with Crippen molar-refractivity contribution in [3.63, 3.8) is 0 Å². The van der Waals surface area contributed by atoms with E-state index in [4.69, 9.17) is 9.47 Å². The van der Waals surface area contributed by atoms with Crippen LogP contribution in [0, 0.1) is 17.2 Å². The van der Waals surface area contributed by atoms with E-state index in [0.717, 1.165) is 38.5 Å². The van der Waals surface area contributed by atoms with Gasteiger partial charge in [0.2, 0.25) is 5.91 Å². The molecule has 256 valence electrons. The summed E-state index contributed by atoms with van der Waals surface area (Å²) in [5.74, 6) is -3.95. The van der Waals surface area contributed by atoms with Gasteiger partial charge < -0.3 is 25.0 Å². The van der Waals surface area contributed by atoms with Gasteiger partial charge in [-0.3, -0.25) is 9.59 Å². The van der Waals surface area contributed by atoms with Crippen LogP contribution in [-0.2, 0) is 35.1 Å². The third kappa shape index (κ3) is 15.5. The zero-order chi connectivity index (χ0) is 34.6. The molecular weight excluding hydrogens is 588 g/mol. The Morgan fingerprint density at radius 2 is 1.54 bits per heavy atom. The lowest BCUT2D eigenvalue weighted by atomic mass is 9.83. The summed E-state index contributed by atoms with van der Waals surface area (Å²) in [6.45, 7) is 6.98. The highest BCUT2D eigenvalue weighted by Gasteiger charge is 2.49. The van der Waals surface area contributed by atoms with Crippen LogP contribution in [0.25, 0.3) is 0 Å². The van der Waals surface area contributed by atoms with Crippen molar-refractivity contribution in [2.24, 2.45) is 5.92 Å². The van der Waals surface area contributed by atoms with Gasteiger partial charge in [0.25, 0.3) is 0 Å². The van der Waals surface area contributed by atoms with Crippen LogP contribution in [0.2, 0.25) is 0 Å². The molecule has 0 aliphatic carbocycles. The number of amides is 1. The molecular formula is C36H54N2O8. The minimum absolute atomic E-state index is 0.0135. The maximum absolute atomic E-state index is 13.7. The van der Waals surface area contributed by atoms with Gasteiger partial charge in [-0.15, -0.1) is 0 Å². The van der Waals surface area contributed by atoms with Gasteiger partial charge in [0.05, 0.1) is 25.5 Å². The lowest BCUT2D eigenvalue weighted by molar-refractivity contribution is -0.182. The molecule has 3 N–H and O–H groups in total. The third-order valence-electron chi connectivity index (χ3n) is 7.54. The molecule has 0 spiro atoms. The second-order valence-electron chi connectivity index (χ2n) is 12.8. The summed E-state index contributed by atoms with van der Waals surface area (Å²) in [5, 5.41) is 33.2. The highest BCUT2D eigenvalue weighted by molar-refractivity contribution is 5.93. The summed E-state index contributed by atoms with van der Waals surface area (Å²) in [6.07, 6.45) is 13.0. The van der Waals surface area contributed by atoms with E-state index in [-0.39, 0.29) is 12.2 Å². The maximum Gasteiger partial charge on any atom is 0.340 e. The first-order valence-electron chi connectivity index (χ1n) is 16.4. The molecule has 0 aromatic heterocycles. The number of ether oxygens (including phenoxy) is 2.